The molecule has 4 heterocycles. The fourth-order valence-electron chi connectivity index (χ4n) is 2.92. The lowest BCUT2D eigenvalue weighted by molar-refractivity contribution is -0.119. The summed E-state index contributed by atoms with van der Waals surface area (Å²) >= 11 is 2.80. The van der Waals surface area contributed by atoms with Gasteiger partial charge in [-0.1, -0.05) is 19.0 Å². The summed E-state index contributed by atoms with van der Waals surface area (Å²) < 4.78 is 6.92. The van der Waals surface area contributed by atoms with Gasteiger partial charge in [0, 0.05) is 41.4 Å². The van der Waals surface area contributed by atoms with Crippen LogP contribution in [0.1, 0.15) is 31.5 Å². The molecule has 0 aliphatic carbocycles. The highest BCUT2D eigenvalue weighted by Gasteiger charge is 2.25. The van der Waals surface area contributed by atoms with Crippen molar-refractivity contribution in [2.45, 2.75) is 25.6 Å². The number of fused-ring (bicyclic) bond motifs is 1. The number of amides is 1. The third-order valence-electron chi connectivity index (χ3n) is 4.47. The summed E-state index contributed by atoms with van der Waals surface area (Å²) in [5.41, 5.74) is 1.33. The maximum Gasteiger partial charge on any atom is 0.258 e. The number of nitrogens with zero attached hydrogens (tertiary/aromatic N) is 5. The minimum absolute atomic E-state index is 0.0580. The van der Waals surface area contributed by atoms with Gasteiger partial charge >= 0.3 is 0 Å². The summed E-state index contributed by atoms with van der Waals surface area (Å²) in [5.74, 6) is 1.41. The summed E-state index contributed by atoms with van der Waals surface area (Å²) in [5, 5.41) is 8.80. The fourth-order valence-corrected chi connectivity index (χ4v) is 4.38. The van der Waals surface area contributed by atoms with Gasteiger partial charge in [0.1, 0.15) is 6.04 Å². The van der Waals surface area contributed by atoms with Crippen LogP contribution in [0.25, 0.3) is 16.3 Å². The van der Waals surface area contributed by atoms with Gasteiger partial charge < -0.3 is 9.84 Å². The predicted octanol–water partition coefficient (Wildman–Crippen LogP) is 2.95. The first-order valence-corrected chi connectivity index (χ1v) is 11.6. The van der Waals surface area contributed by atoms with Crippen LogP contribution >= 0.6 is 23.1 Å². The Hall–Kier alpha value is -3.05. The zero-order valence-corrected chi connectivity index (χ0v) is 18.5. The molecule has 0 aliphatic rings. The minimum Gasteiger partial charge on any atom is -0.343 e. The second-order valence-corrected chi connectivity index (χ2v) is 8.97. The monoisotopic (exact) mass is 456 g/mol. The lowest BCUT2D eigenvalue weighted by Crippen LogP contribution is -2.33. The number of thioether (sulfide) groups is 1. The van der Waals surface area contributed by atoms with Gasteiger partial charge in [-0.2, -0.15) is 4.98 Å². The van der Waals surface area contributed by atoms with E-state index in [1.807, 2.05) is 19.2 Å². The molecule has 1 N–H and O–H groups in total. The topological polar surface area (TPSA) is 115 Å². The SMILES string of the molecule is CC(C)C(NC(=O)CSCc1cc(=O)n2ccsc2n1)c1nc(-c2ccncc2)no1. The summed E-state index contributed by atoms with van der Waals surface area (Å²) in [6.45, 7) is 3.95. The predicted molar refractivity (Wildman–Crippen MR) is 119 cm³/mol. The summed E-state index contributed by atoms with van der Waals surface area (Å²) in [6, 6.07) is 4.69. The fraction of sp³-hybridized carbons (Fsp3) is 0.300. The van der Waals surface area contributed by atoms with Crippen molar-refractivity contribution in [2.75, 3.05) is 5.75 Å². The number of aromatic nitrogens is 5. The number of carbonyl (C=O) groups is 1. The standard InChI is InChI=1S/C20H20N6O3S2/c1-12(2)17(19-24-18(25-29-19)13-3-5-21-6-4-13)23-15(27)11-30-10-14-9-16(28)26-7-8-31-20(26)22-14/h3-9,12,17H,10-11H2,1-2H3,(H,23,27). The summed E-state index contributed by atoms with van der Waals surface area (Å²) in [7, 11) is 0. The summed E-state index contributed by atoms with van der Waals surface area (Å²) in [4.78, 5) is 38.1. The number of hydrogen-bond acceptors (Lipinski definition) is 9. The molecule has 0 aromatic carbocycles. The Balaban J connectivity index is 1.36. The van der Waals surface area contributed by atoms with Crippen LogP contribution in [-0.4, -0.2) is 36.2 Å². The van der Waals surface area contributed by atoms with Crippen LogP contribution in [0, 0.1) is 5.92 Å². The Morgan fingerprint density at radius 1 is 1.29 bits per heavy atom. The zero-order chi connectivity index (χ0) is 21.8. The molecule has 1 unspecified atom stereocenters. The Morgan fingerprint density at radius 3 is 2.87 bits per heavy atom. The van der Waals surface area contributed by atoms with Crippen molar-refractivity contribution in [3.63, 3.8) is 0 Å². The molecule has 4 aromatic heterocycles. The Labute approximate surface area is 185 Å². The number of carbonyl (C=O) groups excluding carboxylic acids is 1. The number of rotatable bonds is 8. The van der Waals surface area contributed by atoms with Gasteiger partial charge in [-0.15, -0.1) is 23.1 Å². The molecule has 9 nitrogen and oxygen atoms in total. The van der Waals surface area contributed by atoms with Crippen LogP contribution in [0.5, 0.6) is 0 Å². The van der Waals surface area contributed by atoms with Crippen LogP contribution in [0.15, 0.2) is 51.5 Å². The Kier molecular flexibility index (Phi) is 6.42. The second kappa shape index (κ2) is 9.40. The van der Waals surface area contributed by atoms with Crippen molar-refractivity contribution in [1.29, 1.82) is 0 Å². The molecule has 1 atom stereocenters. The first-order chi connectivity index (χ1) is 15.0. The third kappa shape index (κ3) is 5.00. The summed E-state index contributed by atoms with van der Waals surface area (Å²) in [6.07, 6.45) is 5.01. The highest BCUT2D eigenvalue weighted by molar-refractivity contribution is 7.99. The molecule has 0 spiro atoms. The minimum atomic E-state index is -0.401. The van der Waals surface area contributed by atoms with Crippen molar-refractivity contribution in [3.05, 3.63) is 64.1 Å². The highest BCUT2D eigenvalue weighted by atomic mass is 32.2. The highest BCUT2D eigenvalue weighted by Crippen LogP contribution is 2.23. The normalized spacial score (nSPS) is 12.4. The molecule has 31 heavy (non-hydrogen) atoms. The number of thiazole rings is 1. The van der Waals surface area contributed by atoms with E-state index in [2.05, 4.69) is 25.4 Å². The van der Waals surface area contributed by atoms with Gasteiger partial charge in [-0.05, 0) is 18.1 Å². The van der Waals surface area contributed by atoms with E-state index in [1.54, 1.807) is 30.7 Å². The van der Waals surface area contributed by atoms with Crippen molar-refractivity contribution in [2.24, 2.45) is 5.92 Å². The number of nitrogens with one attached hydrogen (secondary N) is 1. The van der Waals surface area contributed by atoms with E-state index in [0.29, 0.717) is 28.1 Å². The van der Waals surface area contributed by atoms with E-state index in [-0.39, 0.29) is 23.1 Å². The van der Waals surface area contributed by atoms with Gasteiger partial charge in [0.05, 0.1) is 11.4 Å². The maximum absolute atomic E-state index is 12.5. The van der Waals surface area contributed by atoms with E-state index in [0.717, 1.165) is 5.56 Å². The molecule has 0 radical (unpaired) electrons. The second-order valence-electron chi connectivity index (χ2n) is 7.12. The first kappa shape index (κ1) is 21.2. The van der Waals surface area contributed by atoms with Crippen molar-refractivity contribution < 1.29 is 9.32 Å². The van der Waals surface area contributed by atoms with Crippen LogP contribution in [0.2, 0.25) is 0 Å². The molecule has 0 saturated carbocycles. The molecule has 0 aliphatic heterocycles. The molecule has 0 fully saturated rings. The average Bonchev–Trinajstić information content (AvgIpc) is 3.42. The van der Waals surface area contributed by atoms with Crippen molar-refractivity contribution in [3.8, 4) is 11.4 Å². The van der Waals surface area contributed by atoms with E-state index < -0.39 is 6.04 Å². The molecular formula is C20H20N6O3S2. The van der Waals surface area contributed by atoms with Gasteiger partial charge in [-0.3, -0.25) is 19.0 Å². The smallest absolute Gasteiger partial charge is 0.258 e. The van der Waals surface area contributed by atoms with Crippen LogP contribution in [0.4, 0.5) is 0 Å². The van der Waals surface area contributed by atoms with Gasteiger partial charge in [0.15, 0.2) is 4.96 Å². The van der Waals surface area contributed by atoms with Gasteiger partial charge in [0.2, 0.25) is 17.6 Å². The third-order valence-corrected chi connectivity index (χ3v) is 6.19. The maximum atomic E-state index is 12.5. The van der Waals surface area contributed by atoms with E-state index in [4.69, 9.17) is 4.52 Å². The molecule has 1 amide bonds. The lowest BCUT2D eigenvalue weighted by Gasteiger charge is -2.18. The molecule has 4 aromatic rings. The first-order valence-electron chi connectivity index (χ1n) is 9.58. The van der Waals surface area contributed by atoms with E-state index in [1.165, 1.54) is 33.6 Å². The molecule has 4 rings (SSSR count). The van der Waals surface area contributed by atoms with Crippen molar-refractivity contribution in [1.82, 2.24) is 29.8 Å². The largest absolute Gasteiger partial charge is 0.343 e. The molecular weight excluding hydrogens is 436 g/mol. The van der Waals surface area contributed by atoms with Crippen LogP contribution in [-0.2, 0) is 10.5 Å². The Bertz CT molecular complexity index is 1230. The van der Waals surface area contributed by atoms with E-state index >= 15 is 0 Å². The van der Waals surface area contributed by atoms with Gasteiger partial charge in [0.25, 0.3) is 5.56 Å². The van der Waals surface area contributed by atoms with Crippen LogP contribution in [0.3, 0.4) is 0 Å². The molecule has 0 bridgehead atoms. The number of pyridine rings is 1. The van der Waals surface area contributed by atoms with E-state index in [9.17, 15) is 9.59 Å². The van der Waals surface area contributed by atoms with Gasteiger partial charge in [-0.25, -0.2) is 4.98 Å². The lowest BCUT2D eigenvalue weighted by atomic mass is 10.0. The molecule has 160 valence electrons. The van der Waals surface area contributed by atoms with Crippen LogP contribution < -0.4 is 10.9 Å². The number of hydrogen-bond donors (Lipinski definition) is 1. The molecule has 0 saturated heterocycles. The Morgan fingerprint density at radius 2 is 2.10 bits per heavy atom. The quantitative estimate of drug-likeness (QED) is 0.430. The molecule has 11 heteroatoms. The average molecular weight is 457 g/mol. The van der Waals surface area contributed by atoms with Crippen molar-refractivity contribution >= 4 is 34.0 Å². The zero-order valence-electron chi connectivity index (χ0n) is 16.9.